The number of methoxy groups -OCH3 is 1. The van der Waals surface area contributed by atoms with Crippen molar-refractivity contribution < 1.29 is 23.6 Å². The molecule has 198 valence electrons. The van der Waals surface area contributed by atoms with Crippen molar-refractivity contribution in [2.45, 2.75) is 19.9 Å². The Bertz CT molecular complexity index is 1790. The van der Waals surface area contributed by atoms with Crippen LogP contribution in [0.25, 0.3) is 17.3 Å². The standard InChI is InChI=1S/C28H24N4O7/c1-4-38-27(34)24-16(2)29-28-31(25(24)17-8-11-21(37-3)12-9-17)26(33)23(39-28)15-19-10-13-22(30-19)18-6-5-7-20(14-18)32(35)36/h5-15,25,30H,4H2,1-3H3/b23-15-. The quantitative estimate of drug-likeness (QED) is 0.220. The van der Waals surface area contributed by atoms with Crippen molar-refractivity contribution >= 4 is 17.7 Å². The van der Waals surface area contributed by atoms with Crippen LogP contribution in [0, 0.1) is 10.1 Å². The van der Waals surface area contributed by atoms with E-state index in [1.165, 1.54) is 22.8 Å². The van der Waals surface area contributed by atoms with Gasteiger partial charge in [0.2, 0.25) is 0 Å². The van der Waals surface area contributed by atoms with Gasteiger partial charge in [-0.25, -0.2) is 14.4 Å². The summed E-state index contributed by atoms with van der Waals surface area (Å²) in [5, 5.41) is 11.1. The molecule has 0 amide bonds. The highest BCUT2D eigenvalue weighted by molar-refractivity contribution is 5.91. The molecule has 0 bridgehead atoms. The zero-order chi connectivity index (χ0) is 27.7. The summed E-state index contributed by atoms with van der Waals surface area (Å²) in [5.74, 6) is 0.0486. The predicted molar refractivity (Wildman–Crippen MR) is 141 cm³/mol. The number of rotatable bonds is 7. The molecule has 0 saturated carbocycles. The first-order chi connectivity index (χ1) is 18.8. The Labute approximate surface area is 221 Å². The normalized spacial score (nSPS) is 15.1. The van der Waals surface area contributed by atoms with Crippen LogP contribution in [0.3, 0.4) is 0 Å². The Balaban J connectivity index is 1.61. The summed E-state index contributed by atoms with van der Waals surface area (Å²) >= 11 is 0. The minimum absolute atomic E-state index is 0.00221. The third kappa shape index (κ3) is 4.77. The molecular weight excluding hydrogens is 504 g/mol. The number of allylic oxidation sites excluding steroid dienone is 1. The van der Waals surface area contributed by atoms with E-state index in [9.17, 15) is 19.7 Å². The number of nitrogens with one attached hydrogen (secondary N) is 1. The highest BCUT2D eigenvalue weighted by Crippen LogP contribution is 2.31. The van der Waals surface area contributed by atoms with E-state index in [0.717, 1.165) is 0 Å². The number of benzene rings is 2. The third-order valence-corrected chi connectivity index (χ3v) is 6.31. The Kier molecular flexibility index (Phi) is 6.72. The first kappa shape index (κ1) is 25.5. The molecule has 0 aliphatic carbocycles. The first-order valence-corrected chi connectivity index (χ1v) is 12.1. The molecule has 1 N–H and O–H groups in total. The number of aromatic nitrogens is 2. The molecule has 2 aromatic carbocycles. The fourth-order valence-corrected chi connectivity index (χ4v) is 4.49. The summed E-state index contributed by atoms with van der Waals surface area (Å²) < 4.78 is 17.7. The predicted octanol–water partition coefficient (Wildman–Crippen LogP) is 3.24. The zero-order valence-electron chi connectivity index (χ0n) is 21.3. The van der Waals surface area contributed by atoms with Gasteiger partial charge in [-0.05, 0) is 43.7 Å². The summed E-state index contributed by atoms with van der Waals surface area (Å²) in [6.07, 6.45) is 1.52. The first-order valence-electron chi connectivity index (χ1n) is 12.1. The number of fused-ring (bicyclic) bond motifs is 1. The molecule has 4 aromatic rings. The van der Waals surface area contributed by atoms with Gasteiger partial charge in [0.15, 0.2) is 5.42 Å². The van der Waals surface area contributed by atoms with Gasteiger partial charge in [0.1, 0.15) is 11.8 Å². The van der Waals surface area contributed by atoms with Crippen LogP contribution in [0.2, 0.25) is 0 Å². The van der Waals surface area contributed by atoms with Gasteiger partial charge in [-0.2, -0.15) is 0 Å². The molecule has 0 fully saturated rings. The number of H-pyrrole nitrogens is 1. The van der Waals surface area contributed by atoms with Gasteiger partial charge in [0.25, 0.3) is 11.2 Å². The molecule has 3 heterocycles. The van der Waals surface area contributed by atoms with E-state index >= 15 is 0 Å². The van der Waals surface area contributed by atoms with Crippen molar-refractivity contribution in [3.05, 3.63) is 115 Å². The van der Waals surface area contributed by atoms with Crippen molar-refractivity contribution in [1.82, 2.24) is 9.55 Å². The Hall–Kier alpha value is -5.19. The van der Waals surface area contributed by atoms with Crippen molar-refractivity contribution in [3.63, 3.8) is 0 Å². The zero-order valence-corrected chi connectivity index (χ0v) is 21.3. The van der Waals surface area contributed by atoms with Gasteiger partial charge < -0.3 is 18.9 Å². The molecule has 0 saturated heterocycles. The van der Waals surface area contributed by atoms with Gasteiger partial charge in [0.05, 0.1) is 29.9 Å². The number of non-ortho nitro benzene ring substituents is 1. The third-order valence-electron chi connectivity index (χ3n) is 6.31. The fourth-order valence-electron chi connectivity index (χ4n) is 4.49. The number of carbonyl (C=O) groups excluding carboxylic acids is 1. The van der Waals surface area contributed by atoms with Gasteiger partial charge in [-0.3, -0.25) is 14.9 Å². The van der Waals surface area contributed by atoms with E-state index in [2.05, 4.69) is 9.98 Å². The number of hydrogen-bond acceptors (Lipinski definition) is 8. The van der Waals surface area contributed by atoms with Crippen molar-refractivity contribution in [3.8, 4) is 17.0 Å². The van der Waals surface area contributed by atoms with E-state index in [1.54, 1.807) is 69.5 Å². The summed E-state index contributed by atoms with van der Waals surface area (Å²) in [7, 11) is 1.55. The number of nitro groups is 1. The van der Waals surface area contributed by atoms with Crippen molar-refractivity contribution in [1.29, 1.82) is 0 Å². The molecule has 11 nitrogen and oxygen atoms in total. The minimum Gasteiger partial charge on any atom is -0.497 e. The lowest BCUT2D eigenvalue weighted by atomic mass is 9.96. The molecule has 0 radical (unpaired) electrons. The molecular formula is C28H24N4O7. The van der Waals surface area contributed by atoms with Crippen LogP contribution in [0.5, 0.6) is 5.75 Å². The summed E-state index contributed by atoms with van der Waals surface area (Å²) in [6, 6.07) is 15.9. The molecule has 1 atom stereocenters. The number of aromatic amines is 1. The highest BCUT2D eigenvalue weighted by Gasteiger charge is 2.34. The summed E-state index contributed by atoms with van der Waals surface area (Å²) in [5.41, 5.74) is 2.57. The van der Waals surface area contributed by atoms with Crippen LogP contribution in [-0.2, 0) is 9.53 Å². The topological polar surface area (TPSA) is 142 Å². The summed E-state index contributed by atoms with van der Waals surface area (Å²) in [6.45, 7) is 3.53. The number of esters is 1. The SMILES string of the molecule is CCOC(=O)C1=C(C)N=c2o/c(=C\c3ccc(-c4cccc([N+](=O)[O-])c4)[nH]3)c(=O)n2C1c1ccc(OC)cc1. The lowest BCUT2D eigenvalue weighted by Gasteiger charge is -2.23. The highest BCUT2D eigenvalue weighted by atomic mass is 16.6. The average molecular weight is 529 g/mol. The van der Waals surface area contributed by atoms with Crippen LogP contribution in [0.15, 0.2) is 86.1 Å². The number of oxazole rings is 1. The van der Waals surface area contributed by atoms with Crippen LogP contribution >= 0.6 is 0 Å². The molecule has 11 heteroatoms. The van der Waals surface area contributed by atoms with Crippen molar-refractivity contribution in [2.24, 2.45) is 4.99 Å². The second kappa shape index (κ2) is 10.3. The molecule has 5 rings (SSSR count). The van der Waals surface area contributed by atoms with Gasteiger partial charge in [-0.15, -0.1) is 0 Å². The minimum atomic E-state index is -0.829. The molecule has 1 unspecified atom stereocenters. The molecule has 0 spiro atoms. The van der Waals surface area contributed by atoms with Crippen LogP contribution in [0.4, 0.5) is 5.69 Å². The molecule has 39 heavy (non-hydrogen) atoms. The number of hydrogen-bond donors (Lipinski definition) is 1. The largest absolute Gasteiger partial charge is 0.497 e. The van der Waals surface area contributed by atoms with Crippen LogP contribution in [0.1, 0.15) is 31.1 Å². The lowest BCUT2D eigenvalue weighted by Crippen LogP contribution is -2.40. The monoisotopic (exact) mass is 528 g/mol. The van der Waals surface area contributed by atoms with Crippen LogP contribution < -0.4 is 21.4 Å². The lowest BCUT2D eigenvalue weighted by molar-refractivity contribution is -0.384. The maximum Gasteiger partial charge on any atom is 0.338 e. The Morgan fingerprint density at radius 1 is 1.21 bits per heavy atom. The van der Waals surface area contributed by atoms with Gasteiger partial charge in [0, 0.05) is 35.2 Å². The average Bonchev–Trinajstić information content (AvgIpc) is 3.52. The maximum absolute atomic E-state index is 13.6. The second-order valence-electron chi connectivity index (χ2n) is 8.71. The van der Waals surface area contributed by atoms with Crippen LogP contribution in [-0.4, -0.2) is 34.2 Å². The fraction of sp³-hybridized carbons (Fsp3) is 0.179. The molecule has 1 aliphatic heterocycles. The van der Waals surface area contributed by atoms with E-state index < -0.39 is 22.5 Å². The second-order valence-corrected chi connectivity index (χ2v) is 8.71. The van der Waals surface area contributed by atoms with Crippen molar-refractivity contribution in [2.75, 3.05) is 13.7 Å². The maximum atomic E-state index is 13.6. The molecule has 2 aromatic heterocycles. The smallest absolute Gasteiger partial charge is 0.338 e. The molecule has 1 aliphatic rings. The van der Waals surface area contributed by atoms with E-state index in [4.69, 9.17) is 13.9 Å². The number of carbonyl (C=O) groups is 1. The van der Waals surface area contributed by atoms with E-state index in [1.807, 2.05) is 0 Å². The number of nitro benzene ring substituents is 1. The summed E-state index contributed by atoms with van der Waals surface area (Å²) in [4.78, 5) is 44.8. The number of ether oxygens (including phenoxy) is 2. The van der Waals surface area contributed by atoms with Gasteiger partial charge in [-0.1, -0.05) is 24.3 Å². The van der Waals surface area contributed by atoms with E-state index in [0.29, 0.717) is 34.0 Å². The Morgan fingerprint density at radius 3 is 2.67 bits per heavy atom. The number of nitrogens with zero attached hydrogens (tertiary/aromatic N) is 3. The Morgan fingerprint density at radius 2 is 1.97 bits per heavy atom. The van der Waals surface area contributed by atoms with Gasteiger partial charge >= 0.3 is 11.7 Å². The van der Waals surface area contributed by atoms with E-state index in [-0.39, 0.29) is 29.0 Å².